The van der Waals surface area contributed by atoms with Gasteiger partial charge in [-0.15, -0.1) is 11.3 Å². The van der Waals surface area contributed by atoms with Gasteiger partial charge < -0.3 is 16.4 Å². The largest absolute Gasteiger partial charge is 0.338 e. The minimum Gasteiger partial charge on any atom is -0.338 e. The summed E-state index contributed by atoms with van der Waals surface area (Å²) in [4.78, 5) is 43.8. The summed E-state index contributed by atoms with van der Waals surface area (Å²) < 4.78 is 0.742. The minimum atomic E-state index is -0.938. The van der Waals surface area contributed by atoms with Crippen LogP contribution in [0.3, 0.4) is 0 Å². The molecular formula is C30H24N4O3S. The molecule has 8 heteroatoms. The average molecular weight is 521 g/mol. The van der Waals surface area contributed by atoms with Gasteiger partial charge in [-0.25, -0.2) is 4.98 Å². The molecule has 0 radical (unpaired) electrons. The second-order valence-corrected chi connectivity index (χ2v) is 9.63. The SMILES string of the molecule is NCc1ccc(C(NC(=O)c2ccccc2)C(=O)c2nc3ccc(NC(=O)c4ccccc4)cc3s2)cc1. The molecule has 0 spiro atoms. The molecule has 1 heterocycles. The molecular weight excluding hydrogens is 496 g/mol. The molecule has 7 nitrogen and oxygen atoms in total. The summed E-state index contributed by atoms with van der Waals surface area (Å²) >= 11 is 1.21. The van der Waals surface area contributed by atoms with E-state index in [-0.39, 0.29) is 22.6 Å². The van der Waals surface area contributed by atoms with Crippen molar-refractivity contribution in [1.82, 2.24) is 10.3 Å². The molecule has 0 saturated carbocycles. The Balaban J connectivity index is 1.43. The number of Topliss-reactive ketones (excluding diaryl/α,β-unsaturated/α-hetero) is 1. The molecule has 0 aliphatic carbocycles. The summed E-state index contributed by atoms with van der Waals surface area (Å²) in [5.41, 5.74) is 9.50. The number of ketones is 1. The molecule has 4 N–H and O–H groups in total. The van der Waals surface area contributed by atoms with E-state index in [1.165, 1.54) is 11.3 Å². The molecule has 0 aliphatic rings. The number of carbonyl (C=O) groups is 3. The van der Waals surface area contributed by atoms with Crippen molar-refractivity contribution >= 4 is 44.8 Å². The van der Waals surface area contributed by atoms with Gasteiger partial charge in [0, 0.05) is 23.4 Å². The van der Waals surface area contributed by atoms with Gasteiger partial charge in [0.05, 0.1) is 10.2 Å². The first-order valence-corrected chi connectivity index (χ1v) is 12.8. The van der Waals surface area contributed by atoms with Gasteiger partial charge in [0.2, 0.25) is 5.78 Å². The van der Waals surface area contributed by atoms with Crippen LogP contribution >= 0.6 is 11.3 Å². The number of nitrogens with zero attached hydrogens (tertiary/aromatic N) is 1. The fourth-order valence-corrected chi connectivity index (χ4v) is 4.95. The maximum atomic E-state index is 13.7. The number of amides is 2. The summed E-state index contributed by atoms with van der Waals surface area (Å²) in [6.45, 7) is 0.371. The van der Waals surface area contributed by atoms with Crippen LogP contribution in [0.1, 0.15) is 47.7 Å². The molecule has 4 aromatic carbocycles. The van der Waals surface area contributed by atoms with Crippen molar-refractivity contribution in [3.05, 3.63) is 130 Å². The molecule has 5 aromatic rings. The first kappa shape index (κ1) is 25.0. The summed E-state index contributed by atoms with van der Waals surface area (Å²) in [5, 5.41) is 6.01. The number of nitrogens with one attached hydrogen (secondary N) is 2. The van der Waals surface area contributed by atoms with E-state index in [0.717, 1.165) is 10.3 Å². The molecule has 38 heavy (non-hydrogen) atoms. The molecule has 5 rings (SSSR count). The third-order valence-electron chi connectivity index (χ3n) is 6.02. The number of fused-ring (bicyclic) bond motifs is 1. The summed E-state index contributed by atoms with van der Waals surface area (Å²) in [5.74, 6) is -0.917. The lowest BCUT2D eigenvalue weighted by Crippen LogP contribution is -2.34. The highest BCUT2D eigenvalue weighted by Gasteiger charge is 2.27. The number of hydrogen-bond donors (Lipinski definition) is 3. The van der Waals surface area contributed by atoms with Crippen molar-refractivity contribution in [3.8, 4) is 0 Å². The smallest absolute Gasteiger partial charge is 0.255 e. The number of thiazole rings is 1. The molecule has 1 unspecified atom stereocenters. The van der Waals surface area contributed by atoms with Crippen LogP contribution in [0.15, 0.2) is 103 Å². The van der Waals surface area contributed by atoms with E-state index in [1.807, 2.05) is 24.3 Å². The van der Waals surface area contributed by atoms with Crippen molar-refractivity contribution in [2.24, 2.45) is 5.73 Å². The predicted octanol–water partition coefficient (Wildman–Crippen LogP) is 5.36. The Kier molecular flexibility index (Phi) is 7.35. The normalized spacial score (nSPS) is 11.6. The first-order chi connectivity index (χ1) is 18.5. The number of rotatable bonds is 8. The Morgan fingerprint density at radius 2 is 1.42 bits per heavy atom. The van der Waals surface area contributed by atoms with E-state index in [4.69, 9.17) is 5.73 Å². The lowest BCUT2D eigenvalue weighted by Gasteiger charge is -2.17. The molecule has 188 valence electrons. The third-order valence-corrected chi connectivity index (χ3v) is 7.05. The van der Waals surface area contributed by atoms with Crippen molar-refractivity contribution in [3.63, 3.8) is 0 Å². The zero-order valence-electron chi connectivity index (χ0n) is 20.3. The van der Waals surface area contributed by atoms with Crippen molar-refractivity contribution < 1.29 is 14.4 Å². The molecule has 0 aliphatic heterocycles. The molecule has 0 bridgehead atoms. The molecule has 1 aromatic heterocycles. The Bertz CT molecular complexity index is 1600. The highest BCUT2D eigenvalue weighted by molar-refractivity contribution is 7.20. The lowest BCUT2D eigenvalue weighted by molar-refractivity contribution is 0.0857. The summed E-state index contributed by atoms with van der Waals surface area (Å²) in [6.07, 6.45) is 0. The van der Waals surface area contributed by atoms with Gasteiger partial charge in [-0.1, -0.05) is 60.7 Å². The van der Waals surface area contributed by atoms with Crippen LogP contribution in [0, 0.1) is 0 Å². The number of anilines is 1. The number of aromatic nitrogens is 1. The first-order valence-electron chi connectivity index (χ1n) is 12.0. The van der Waals surface area contributed by atoms with E-state index in [0.29, 0.717) is 34.4 Å². The maximum Gasteiger partial charge on any atom is 0.255 e. The van der Waals surface area contributed by atoms with Gasteiger partial charge in [0.15, 0.2) is 5.01 Å². The van der Waals surface area contributed by atoms with Gasteiger partial charge in [-0.2, -0.15) is 0 Å². The van der Waals surface area contributed by atoms with Crippen LogP contribution in [0.25, 0.3) is 10.2 Å². The van der Waals surface area contributed by atoms with E-state index in [1.54, 1.807) is 78.9 Å². The molecule has 0 fully saturated rings. The van der Waals surface area contributed by atoms with Crippen LogP contribution in [-0.2, 0) is 6.54 Å². The Morgan fingerprint density at radius 3 is 2.05 bits per heavy atom. The number of benzene rings is 4. The van der Waals surface area contributed by atoms with E-state index in [9.17, 15) is 14.4 Å². The Labute approximate surface area is 223 Å². The van der Waals surface area contributed by atoms with Crippen LogP contribution in [0.2, 0.25) is 0 Å². The van der Waals surface area contributed by atoms with Crippen molar-refractivity contribution in [2.75, 3.05) is 5.32 Å². The number of carbonyl (C=O) groups excluding carboxylic acids is 3. The Morgan fingerprint density at radius 1 is 0.789 bits per heavy atom. The summed E-state index contributed by atoms with van der Waals surface area (Å²) in [7, 11) is 0. The van der Waals surface area contributed by atoms with E-state index in [2.05, 4.69) is 15.6 Å². The fourth-order valence-electron chi connectivity index (χ4n) is 3.97. The number of hydrogen-bond acceptors (Lipinski definition) is 6. The van der Waals surface area contributed by atoms with Gasteiger partial charge in [-0.05, 0) is 53.6 Å². The van der Waals surface area contributed by atoms with Crippen LogP contribution in [-0.4, -0.2) is 22.6 Å². The quantitative estimate of drug-likeness (QED) is 0.238. The second-order valence-electron chi connectivity index (χ2n) is 8.60. The van der Waals surface area contributed by atoms with Crippen LogP contribution in [0.5, 0.6) is 0 Å². The monoisotopic (exact) mass is 520 g/mol. The van der Waals surface area contributed by atoms with E-state index < -0.39 is 6.04 Å². The standard InChI is InChI=1S/C30H24N4O3S/c31-18-19-11-13-20(14-12-19)26(34-29(37)22-9-5-2-6-10-22)27(35)30-33-24-16-15-23(17-25(24)38-30)32-28(36)21-7-3-1-4-8-21/h1-17,26H,18,31H2,(H,32,36)(H,34,37). The third kappa shape index (κ3) is 5.51. The van der Waals surface area contributed by atoms with Crippen LogP contribution in [0.4, 0.5) is 5.69 Å². The maximum absolute atomic E-state index is 13.7. The lowest BCUT2D eigenvalue weighted by atomic mass is 10.0. The highest BCUT2D eigenvalue weighted by Crippen LogP contribution is 2.29. The average Bonchev–Trinajstić information content (AvgIpc) is 3.40. The molecule has 1 atom stereocenters. The predicted molar refractivity (Wildman–Crippen MR) is 149 cm³/mol. The zero-order chi connectivity index (χ0) is 26.5. The molecule has 2 amide bonds. The van der Waals surface area contributed by atoms with Crippen molar-refractivity contribution in [1.29, 1.82) is 0 Å². The van der Waals surface area contributed by atoms with Crippen LogP contribution < -0.4 is 16.4 Å². The van der Waals surface area contributed by atoms with Crippen molar-refractivity contribution in [2.45, 2.75) is 12.6 Å². The van der Waals surface area contributed by atoms with Gasteiger partial charge in [-0.3, -0.25) is 14.4 Å². The van der Waals surface area contributed by atoms with Gasteiger partial charge in [0.1, 0.15) is 6.04 Å². The second kappa shape index (κ2) is 11.2. The topological polar surface area (TPSA) is 114 Å². The molecule has 0 saturated heterocycles. The minimum absolute atomic E-state index is 0.227. The van der Waals surface area contributed by atoms with Gasteiger partial charge in [0.25, 0.3) is 11.8 Å². The van der Waals surface area contributed by atoms with Gasteiger partial charge >= 0.3 is 0 Å². The fraction of sp³-hybridized carbons (Fsp3) is 0.0667. The highest BCUT2D eigenvalue weighted by atomic mass is 32.1. The summed E-state index contributed by atoms with van der Waals surface area (Å²) in [6, 6.07) is 29.3. The zero-order valence-corrected chi connectivity index (χ0v) is 21.1. The Hall–Kier alpha value is -4.66. The number of nitrogens with two attached hydrogens (primary N) is 1. The van der Waals surface area contributed by atoms with E-state index >= 15 is 0 Å².